The zero-order valence-corrected chi connectivity index (χ0v) is 35.1. The molecule has 4 atom stereocenters. The number of anilines is 3. The molecule has 4 heterocycles. The molecular weight excluding hydrogens is 770 g/mol. The maximum atomic E-state index is 15.2. The molecule has 0 bridgehead atoms. The summed E-state index contributed by atoms with van der Waals surface area (Å²) in [5, 5.41) is 13.8. The molecule has 3 saturated heterocycles. The van der Waals surface area contributed by atoms with Crippen LogP contribution in [-0.2, 0) is 37.8 Å². The molecule has 304 valence electrons. The van der Waals surface area contributed by atoms with E-state index >= 15 is 4.79 Å². The molecule has 58 heavy (non-hydrogen) atoms. The summed E-state index contributed by atoms with van der Waals surface area (Å²) in [6.45, 7) is 7.98. The lowest BCUT2D eigenvalue weighted by molar-refractivity contribution is -0.150. The van der Waals surface area contributed by atoms with Gasteiger partial charge < -0.3 is 34.7 Å². The summed E-state index contributed by atoms with van der Waals surface area (Å²) in [7, 11) is -3.07. The van der Waals surface area contributed by atoms with Gasteiger partial charge >= 0.3 is 0 Å². The second-order valence-electron chi connectivity index (χ2n) is 16.7. The lowest BCUT2D eigenvalue weighted by Crippen LogP contribution is -2.55. The standard InChI is InChI=1S/C45H52ClN5O6Si/c1-31-41(58(2,3)56)39(27-40(53)48(23-24-52)28-32-11-6-4-7-12-32)57-45(31)37-26-34(46)17-18-38(37)49(43(45)55)29-33-13-10-16-36(25-33)50-30-51(35-14-8-5-9-15-35)44(42(50)54)19-21-47-22-20-44/h4-18,25-26,31,39,41,47,52,56H,19-24,27-30H2,1-3H3/t31-,39+,41-,45+/m1/s1. The van der Waals surface area contributed by atoms with Crippen LogP contribution in [0.5, 0.6) is 0 Å². The van der Waals surface area contributed by atoms with Gasteiger partial charge in [0.25, 0.3) is 11.8 Å². The maximum absolute atomic E-state index is 15.2. The van der Waals surface area contributed by atoms with E-state index in [0.29, 0.717) is 42.3 Å². The number of aliphatic hydroxyl groups is 1. The number of fused-ring (bicyclic) bond motifs is 2. The number of rotatable bonds is 11. The maximum Gasteiger partial charge on any atom is 0.264 e. The number of aliphatic hydroxyl groups excluding tert-OH is 1. The Labute approximate surface area is 346 Å². The van der Waals surface area contributed by atoms with Crippen molar-refractivity contribution < 1.29 is 29.0 Å². The highest BCUT2D eigenvalue weighted by Gasteiger charge is 2.66. The number of para-hydroxylation sites is 1. The molecule has 4 aromatic carbocycles. The van der Waals surface area contributed by atoms with Gasteiger partial charge in [0.05, 0.1) is 38.0 Å². The van der Waals surface area contributed by atoms with Crippen molar-refractivity contribution in [1.82, 2.24) is 10.2 Å². The first-order chi connectivity index (χ1) is 27.9. The predicted molar refractivity (Wildman–Crippen MR) is 228 cm³/mol. The van der Waals surface area contributed by atoms with Crippen LogP contribution in [0.25, 0.3) is 0 Å². The SMILES string of the molecule is C[C@@H]1[C@@H]([Si](C)(C)O)[C@H](CC(=O)N(CCO)Cc2ccccc2)O[C@@]12C(=O)N(Cc1cccc(N3CN(c4ccccc4)C4(CCNCC4)C3=O)c1)c1ccc(Cl)cc12. The van der Waals surface area contributed by atoms with E-state index in [2.05, 4.69) is 22.3 Å². The van der Waals surface area contributed by atoms with Crippen molar-refractivity contribution in [3.8, 4) is 0 Å². The first kappa shape index (κ1) is 40.2. The quantitative estimate of drug-likeness (QED) is 0.157. The number of hydrogen-bond donors (Lipinski definition) is 3. The average molecular weight is 822 g/mol. The van der Waals surface area contributed by atoms with Gasteiger partial charge in [-0.15, -0.1) is 0 Å². The van der Waals surface area contributed by atoms with Gasteiger partial charge in [-0.25, -0.2) is 0 Å². The van der Waals surface area contributed by atoms with Crippen molar-refractivity contribution in [3.63, 3.8) is 0 Å². The number of carbonyl (C=O) groups is 3. The van der Waals surface area contributed by atoms with E-state index in [1.165, 1.54) is 0 Å². The topological polar surface area (TPSA) is 126 Å². The van der Waals surface area contributed by atoms with Crippen LogP contribution in [0.4, 0.5) is 17.1 Å². The van der Waals surface area contributed by atoms with E-state index in [1.807, 2.05) is 104 Å². The highest BCUT2D eigenvalue weighted by molar-refractivity contribution is 6.71. The second kappa shape index (κ2) is 15.9. The van der Waals surface area contributed by atoms with Gasteiger partial charge in [0, 0.05) is 46.5 Å². The Balaban J connectivity index is 1.09. The fraction of sp³-hybridized carbons (Fsp3) is 0.400. The Morgan fingerprint density at radius 2 is 1.59 bits per heavy atom. The van der Waals surface area contributed by atoms with Crippen molar-refractivity contribution in [2.24, 2.45) is 5.92 Å². The molecule has 2 spiro atoms. The Morgan fingerprint density at radius 1 is 0.914 bits per heavy atom. The molecule has 8 rings (SSSR count). The highest BCUT2D eigenvalue weighted by atomic mass is 35.5. The molecule has 0 saturated carbocycles. The van der Waals surface area contributed by atoms with Gasteiger partial charge in [0.15, 0.2) is 13.9 Å². The molecule has 4 aliphatic rings. The van der Waals surface area contributed by atoms with Gasteiger partial charge in [-0.1, -0.05) is 79.2 Å². The van der Waals surface area contributed by atoms with Crippen molar-refractivity contribution in [3.05, 3.63) is 125 Å². The first-order valence-electron chi connectivity index (χ1n) is 20.3. The minimum atomic E-state index is -3.07. The van der Waals surface area contributed by atoms with E-state index in [4.69, 9.17) is 16.3 Å². The van der Waals surface area contributed by atoms with Crippen molar-refractivity contribution >= 4 is 54.7 Å². The van der Waals surface area contributed by atoms with Gasteiger partial charge in [0.1, 0.15) is 5.54 Å². The fourth-order valence-electron chi connectivity index (χ4n) is 10.1. The number of amides is 3. The molecule has 0 aromatic heterocycles. The fourth-order valence-corrected chi connectivity index (χ4v) is 12.8. The van der Waals surface area contributed by atoms with E-state index in [1.54, 1.807) is 21.9 Å². The molecule has 0 radical (unpaired) electrons. The van der Waals surface area contributed by atoms with Crippen LogP contribution < -0.4 is 20.0 Å². The van der Waals surface area contributed by atoms with Crippen LogP contribution in [0, 0.1) is 5.92 Å². The predicted octanol–water partition coefficient (Wildman–Crippen LogP) is 6.03. The van der Waals surface area contributed by atoms with Crippen LogP contribution in [0.3, 0.4) is 0 Å². The molecule has 3 amide bonds. The highest BCUT2D eigenvalue weighted by Crippen LogP contribution is 2.60. The Morgan fingerprint density at radius 3 is 2.28 bits per heavy atom. The third-order valence-electron chi connectivity index (χ3n) is 12.8. The Hall–Kier alpha value is -4.56. The first-order valence-corrected chi connectivity index (χ1v) is 23.7. The third kappa shape index (κ3) is 7.03. The number of hydrogen-bond acceptors (Lipinski definition) is 8. The van der Waals surface area contributed by atoms with E-state index in [9.17, 15) is 19.5 Å². The van der Waals surface area contributed by atoms with Crippen molar-refractivity contribution in [1.29, 1.82) is 0 Å². The normalized spacial score (nSPS) is 24.0. The molecule has 4 aliphatic heterocycles. The van der Waals surface area contributed by atoms with Crippen LogP contribution >= 0.6 is 11.6 Å². The summed E-state index contributed by atoms with van der Waals surface area (Å²) in [4.78, 5) is 62.9. The van der Waals surface area contributed by atoms with Crippen molar-refractivity contribution in [2.75, 3.05) is 47.6 Å². The Kier molecular flexibility index (Phi) is 11.0. The number of ether oxygens (including phenoxy) is 1. The molecule has 0 unspecified atom stereocenters. The lowest BCUT2D eigenvalue weighted by atomic mass is 9.82. The van der Waals surface area contributed by atoms with Crippen LogP contribution in [-0.4, -0.2) is 85.4 Å². The monoisotopic (exact) mass is 821 g/mol. The molecular formula is C45H52ClN5O6Si. The minimum absolute atomic E-state index is 0.0623. The molecule has 3 N–H and O–H groups in total. The number of carbonyl (C=O) groups excluding carboxylic acids is 3. The minimum Gasteiger partial charge on any atom is -0.432 e. The van der Waals surface area contributed by atoms with Crippen LogP contribution in [0.15, 0.2) is 103 Å². The number of piperidine rings is 1. The number of benzene rings is 4. The smallest absolute Gasteiger partial charge is 0.264 e. The zero-order chi connectivity index (χ0) is 40.8. The van der Waals surface area contributed by atoms with Gasteiger partial charge in [-0.2, -0.15) is 0 Å². The van der Waals surface area contributed by atoms with Gasteiger partial charge in [-0.05, 0) is 92.6 Å². The molecule has 4 aromatic rings. The summed E-state index contributed by atoms with van der Waals surface area (Å²) >= 11 is 6.66. The largest absolute Gasteiger partial charge is 0.432 e. The summed E-state index contributed by atoms with van der Waals surface area (Å²) < 4.78 is 6.96. The van der Waals surface area contributed by atoms with Gasteiger partial charge in [0.2, 0.25) is 5.91 Å². The zero-order valence-electron chi connectivity index (χ0n) is 33.3. The Bertz CT molecular complexity index is 2170. The van der Waals surface area contributed by atoms with E-state index in [0.717, 1.165) is 35.6 Å². The molecule has 13 heteroatoms. The summed E-state index contributed by atoms with van der Waals surface area (Å²) in [5.41, 5.74) is 2.18. The second-order valence-corrected chi connectivity index (χ2v) is 21.1. The van der Waals surface area contributed by atoms with Crippen molar-refractivity contribution in [2.45, 2.75) is 75.2 Å². The van der Waals surface area contributed by atoms with E-state index < -0.39 is 37.0 Å². The summed E-state index contributed by atoms with van der Waals surface area (Å²) in [6.07, 6.45) is 0.577. The number of halogens is 1. The number of nitrogens with zero attached hydrogens (tertiary/aromatic N) is 4. The average Bonchev–Trinajstić information content (AvgIpc) is 3.75. The van der Waals surface area contributed by atoms with E-state index in [-0.39, 0.29) is 43.8 Å². The van der Waals surface area contributed by atoms with Gasteiger partial charge in [-0.3, -0.25) is 19.3 Å². The molecule has 3 fully saturated rings. The van der Waals surface area contributed by atoms with Crippen LogP contribution in [0.2, 0.25) is 23.7 Å². The summed E-state index contributed by atoms with van der Waals surface area (Å²) in [5.74, 6) is -0.929. The van der Waals surface area contributed by atoms with Crippen LogP contribution in [0.1, 0.15) is 42.9 Å². The summed E-state index contributed by atoms with van der Waals surface area (Å²) in [6, 6.07) is 32.9. The number of nitrogens with one attached hydrogen (secondary N) is 1. The lowest BCUT2D eigenvalue weighted by Gasteiger charge is -2.39. The molecule has 11 nitrogen and oxygen atoms in total. The molecule has 0 aliphatic carbocycles. The third-order valence-corrected chi connectivity index (χ3v) is 15.5.